The lowest BCUT2D eigenvalue weighted by molar-refractivity contribution is -0.304. The van der Waals surface area contributed by atoms with Gasteiger partial charge in [0.05, 0.1) is 5.69 Å². The summed E-state index contributed by atoms with van der Waals surface area (Å²) in [5, 5.41) is 39.9. The second-order valence-electron chi connectivity index (χ2n) is 5.08. The Morgan fingerprint density at radius 1 is 1.11 bits per heavy atom. The smallest absolute Gasteiger partial charge is 0.420 e. The highest BCUT2D eigenvalue weighted by Gasteiger charge is 2.70. The van der Waals surface area contributed by atoms with Crippen molar-refractivity contribution in [3.05, 3.63) is 28.6 Å². The van der Waals surface area contributed by atoms with E-state index in [0.29, 0.717) is 19.1 Å². The van der Waals surface area contributed by atoms with E-state index >= 15 is 0 Å². The number of carbonyl (C=O) groups excluding carboxylic acids is 1. The minimum atomic E-state index is -5.89. The Labute approximate surface area is 146 Å². The molecular weight excluding hydrogens is 394 g/mol. The minimum absolute atomic E-state index is 0.510. The van der Waals surface area contributed by atoms with E-state index in [1.165, 1.54) is 0 Å². The van der Waals surface area contributed by atoms with Gasteiger partial charge in [-0.25, -0.2) is 4.79 Å². The van der Waals surface area contributed by atoms with Gasteiger partial charge in [0.25, 0.3) is 0 Å². The molecule has 2 amide bonds. The monoisotopic (exact) mass is 406 g/mol. The van der Waals surface area contributed by atoms with Crippen LogP contribution < -0.4 is 21.1 Å². The second-order valence-corrected chi connectivity index (χ2v) is 5.08. The Morgan fingerprint density at radius 2 is 1.63 bits per heavy atom. The molecule has 0 aliphatic rings. The van der Waals surface area contributed by atoms with Gasteiger partial charge in [-0.2, -0.15) is 26.3 Å². The summed E-state index contributed by atoms with van der Waals surface area (Å²) in [6, 6.07) is -0.0656. The molecule has 0 aromatic heterocycles. The van der Waals surface area contributed by atoms with Crippen molar-refractivity contribution in [3.63, 3.8) is 0 Å². The van der Waals surface area contributed by atoms with Crippen LogP contribution in [0.1, 0.15) is 13.3 Å². The van der Waals surface area contributed by atoms with E-state index in [1.807, 2.05) is 0 Å². The fourth-order valence-corrected chi connectivity index (χ4v) is 2.04. The summed E-state index contributed by atoms with van der Waals surface area (Å²) in [7, 11) is 0. The number of alkyl halides is 6. The summed E-state index contributed by atoms with van der Waals surface area (Å²) in [5.74, 6) is 0. The normalized spacial score (nSPS) is 12.6. The number of carbonyl (C=O) groups is 1. The Kier molecular flexibility index (Phi) is 6.37. The average molecular weight is 406 g/mol. The maximum Gasteiger partial charge on any atom is 0.420 e. The number of rotatable bonds is 5. The zero-order chi connectivity index (χ0) is 21.2. The molecule has 1 aromatic carbocycles. The van der Waals surface area contributed by atoms with E-state index in [-0.39, 0.29) is 0 Å². The molecule has 15 heteroatoms. The number of nitrogens with zero attached hydrogens (tertiary/aromatic N) is 2. The van der Waals surface area contributed by atoms with E-state index in [2.05, 4.69) is 0 Å². The maximum atomic E-state index is 13.0. The number of hydrogen-bond acceptors (Lipinski definition) is 7. The molecule has 0 spiro atoms. The summed E-state index contributed by atoms with van der Waals surface area (Å²) in [4.78, 5) is 11.7. The van der Waals surface area contributed by atoms with Crippen molar-refractivity contribution < 1.29 is 41.6 Å². The molecule has 0 unspecified atom stereocenters. The molecule has 0 fully saturated rings. The van der Waals surface area contributed by atoms with Gasteiger partial charge in [0, 0.05) is 5.69 Å². The van der Waals surface area contributed by atoms with Gasteiger partial charge in [-0.1, -0.05) is 6.92 Å². The topological polar surface area (TPSA) is 134 Å². The average Bonchev–Trinajstić information content (AvgIpc) is 2.49. The molecule has 0 radical (unpaired) electrons. The number of halogens is 6. The molecule has 0 bridgehead atoms. The quantitative estimate of drug-likeness (QED) is 0.435. The van der Waals surface area contributed by atoms with Gasteiger partial charge < -0.3 is 26.3 Å². The van der Waals surface area contributed by atoms with Gasteiger partial charge in [0.2, 0.25) is 5.54 Å². The number of hydrogen-bond donors (Lipinski definition) is 4. The number of urea groups is 1. The molecule has 0 aliphatic heterocycles. The molecule has 27 heavy (non-hydrogen) atoms. The molecule has 0 atom stereocenters. The van der Waals surface area contributed by atoms with Crippen LogP contribution in [0.15, 0.2) is 18.2 Å². The van der Waals surface area contributed by atoms with Gasteiger partial charge in [0.1, 0.15) is 5.69 Å². The molecule has 154 valence electrons. The molecule has 1 rings (SSSR count). The Hall–Kier alpha value is -2.49. The fourth-order valence-electron chi connectivity index (χ4n) is 2.04. The van der Waals surface area contributed by atoms with Crippen molar-refractivity contribution in [2.24, 2.45) is 0 Å². The summed E-state index contributed by atoms with van der Waals surface area (Å²) >= 11 is 0. The van der Waals surface area contributed by atoms with Crippen LogP contribution in [0.2, 0.25) is 0 Å². The first-order chi connectivity index (χ1) is 12.2. The van der Waals surface area contributed by atoms with Gasteiger partial charge in [-0.3, -0.25) is 10.4 Å². The van der Waals surface area contributed by atoms with Crippen molar-refractivity contribution >= 4 is 23.1 Å². The molecule has 9 nitrogen and oxygen atoms in total. The predicted molar refractivity (Wildman–Crippen MR) is 79.0 cm³/mol. The van der Waals surface area contributed by atoms with Crippen LogP contribution in [-0.2, 0) is 0 Å². The summed E-state index contributed by atoms with van der Waals surface area (Å²) in [6.07, 6.45) is -13.4. The molecule has 0 aliphatic carbocycles. The van der Waals surface area contributed by atoms with Crippen LogP contribution in [0.3, 0.4) is 0 Å². The maximum absolute atomic E-state index is 13.0. The summed E-state index contributed by atoms with van der Waals surface area (Å²) in [5.41, 5.74) is -6.85. The third kappa shape index (κ3) is 4.62. The zero-order valence-corrected chi connectivity index (χ0v) is 13.2. The zero-order valence-electron chi connectivity index (χ0n) is 13.2. The van der Waals surface area contributed by atoms with E-state index in [9.17, 15) is 41.6 Å². The second kappa shape index (κ2) is 7.63. The van der Waals surface area contributed by atoms with Crippen molar-refractivity contribution in [1.82, 2.24) is 5.32 Å². The van der Waals surface area contributed by atoms with E-state index in [0.717, 1.165) is 11.4 Å². The van der Waals surface area contributed by atoms with Crippen LogP contribution in [0, 0.1) is 10.4 Å². The first-order valence-electron chi connectivity index (χ1n) is 6.85. The summed E-state index contributed by atoms with van der Waals surface area (Å²) < 4.78 is 78.0. The third-order valence-corrected chi connectivity index (χ3v) is 3.48. The highest BCUT2D eigenvalue weighted by Crippen LogP contribution is 2.45. The number of amides is 2. The standard InChI is InChI=1S/C12H12F6N4O5/c1-2-10(11(13,14)15,12(16,17)18)20-9(23)19-7-4-3-6(21(24)25)5-8(7)22(26)27/h3-5,26-27H,2H2,1H3,(H2,19,20,23)/q-2. The molecule has 1 aromatic rings. The van der Waals surface area contributed by atoms with Crippen molar-refractivity contribution in [3.8, 4) is 0 Å². The Morgan fingerprint density at radius 3 is 2.00 bits per heavy atom. The van der Waals surface area contributed by atoms with Crippen LogP contribution in [0.25, 0.3) is 0 Å². The van der Waals surface area contributed by atoms with Crippen molar-refractivity contribution in [2.75, 3.05) is 15.8 Å². The first kappa shape index (κ1) is 22.6. The highest BCUT2D eigenvalue weighted by atomic mass is 19.4. The first-order valence-corrected chi connectivity index (χ1v) is 6.85. The van der Waals surface area contributed by atoms with E-state index in [1.54, 1.807) is 5.32 Å². The summed E-state index contributed by atoms with van der Waals surface area (Å²) in [6.45, 7) is 0.557. The number of benzene rings is 1. The van der Waals surface area contributed by atoms with E-state index < -0.39 is 57.9 Å². The largest absolute Gasteiger partial charge is 0.769 e. The van der Waals surface area contributed by atoms with E-state index in [4.69, 9.17) is 10.4 Å². The lowest BCUT2D eigenvalue weighted by Gasteiger charge is -2.38. The van der Waals surface area contributed by atoms with Crippen molar-refractivity contribution in [1.29, 1.82) is 0 Å². The molecule has 0 saturated heterocycles. The number of anilines is 3. The van der Waals surface area contributed by atoms with Crippen LogP contribution in [-0.4, -0.2) is 34.3 Å². The lowest BCUT2D eigenvalue weighted by Crippen LogP contribution is -2.67. The molecule has 0 saturated carbocycles. The van der Waals surface area contributed by atoms with Crippen molar-refractivity contribution in [2.45, 2.75) is 31.2 Å². The lowest BCUT2D eigenvalue weighted by atomic mass is 9.94. The van der Waals surface area contributed by atoms with Crippen LogP contribution in [0.5, 0.6) is 0 Å². The highest BCUT2D eigenvalue weighted by molar-refractivity contribution is 5.94. The molecule has 0 heterocycles. The number of nitrogens with one attached hydrogen (secondary N) is 2. The van der Waals surface area contributed by atoms with Gasteiger partial charge in [-0.15, -0.1) is 5.23 Å². The molecular formula is C12H12F6N4O5-2. The fraction of sp³-hybridized carbons (Fsp3) is 0.417. The van der Waals surface area contributed by atoms with Gasteiger partial charge in [-0.05, 0) is 24.6 Å². The Bertz CT molecular complexity index is 665. The Balaban J connectivity index is 3.21. The SMILES string of the molecule is CCC(NC(=O)Nc1ccc(N([O-])[O-])cc1N(O)O)(C(F)(F)F)C(F)(F)F. The van der Waals surface area contributed by atoms with Gasteiger partial charge >= 0.3 is 18.4 Å². The molecule has 4 N–H and O–H groups in total. The minimum Gasteiger partial charge on any atom is -0.769 e. The van der Waals surface area contributed by atoms with Crippen LogP contribution >= 0.6 is 0 Å². The predicted octanol–water partition coefficient (Wildman–Crippen LogP) is 3.47. The third-order valence-electron chi connectivity index (χ3n) is 3.48. The van der Waals surface area contributed by atoms with Crippen LogP contribution in [0.4, 0.5) is 48.2 Å². The van der Waals surface area contributed by atoms with Gasteiger partial charge in [0.15, 0.2) is 0 Å².